The van der Waals surface area contributed by atoms with Crippen molar-refractivity contribution in [2.75, 3.05) is 13.6 Å². The number of halogens is 1. The Kier molecular flexibility index (Phi) is 5.82. The highest BCUT2D eigenvalue weighted by atomic mass is 79.9. The number of aliphatic carboxylic acids is 1. The molecule has 1 aliphatic carbocycles. The Morgan fingerprint density at radius 1 is 1.29 bits per heavy atom. The summed E-state index contributed by atoms with van der Waals surface area (Å²) in [7, 11) is 2.02. The highest BCUT2D eigenvalue weighted by Gasteiger charge is 2.39. The van der Waals surface area contributed by atoms with Crippen LogP contribution in [0.25, 0.3) is 0 Å². The molecule has 0 saturated heterocycles. The average Bonchev–Trinajstić information content (AvgIpc) is 2.65. The third-order valence-corrected chi connectivity index (χ3v) is 4.92. The van der Waals surface area contributed by atoms with Gasteiger partial charge >= 0.3 is 5.97 Å². The molecule has 0 radical (unpaired) electrons. The van der Waals surface area contributed by atoms with Gasteiger partial charge in [0.1, 0.15) is 0 Å². The Morgan fingerprint density at radius 3 is 2.52 bits per heavy atom. The fourth-order valence-corrected chi connectivity index (χ4v) is 3.81. The molecule has 0 amide bonds. The third-order valence-electron chi connectivity index (χ3n) is 4.43. The van der Waals surface area contributed by atoms with E-state index < -0.39 is 11.4 Å². The summed E-state index contributed by atoms with van der Waals surface area (Å²) < 4.78 is 1.07. The second-order valence-electron chi connectivity index (χ2n) is 6.30. The lowest BCUT2D eigenvalue weighted by Gasteiger charge is -2.32. The van der Waals surface area contributed by atoms with Crippen LogP contribution in [0.4, 0.5) is 0 Å². The van der Waals surface area contributed by atoms with E-state index in [1.165, 1.54) is 18.4 Å². The van der Waals surface area contributed by atoms with E-state index in [0.29, 0.717) is 6.54 Å². The van der Waals surface area contributed by atoms with Crippen LogP contribution in [0.3, 0.4) is 0 Å². The van der Waals surface area contributed by atoms with Crippen LogP contribution in [0, 0.1) is 5.41 Å². The first-order valence-corrected chi connectivity index (χ1v) is 8.47. The molecule has 1 aromatic rings. The van der Waals surface area contributed by atoms with Gasteiger partial charge in [-0.3, -0.25) is 4.79 Å². The zero-order valence-corrected chi connectivity index (χ0v) is 14.2. The van der Waals surface area contributed by atoms with Gasteiger partial charge in [-0.05, 0) is 37.6 Å². The van der Waals surface area contributed by atoms with Crippen LogP contribution in [-0.4, -0.2) is 29.6 Å². The lowest BCUT2D eigenvalue weighted by atomic mass is 9.80. The van der Waals surface area contributed by atoms with Crippen LogP contribution < -0.4 is 0 Å². The highest BCUT2D eigenvalue weighted by molar-refractivity contribution is 9.10. The molecule has 1 aromatic carbocycles. The summed E-state index contributed by atoms with van der Waals surface area (Å²) in [6.07, 6.45) is 6.04. The topological polar surface area (TPSA) is 40.5 Å². The third kappa shape index (κ3) is 4.55. The van der Waals surface area contributed by atoms with Gasteiger partial charge in [0.05, 0.1) is 5.41 Å². The Hall–Kier alpha value is -0.870. The van der Waals surface area contributed by atoms with Gasteiger partial charge in [-0.2, -0.15) is 0 Å². The standard InChI is InChI=1S/C17H24BrNO2/c1-19(12-14-7-6-8-15(18)11-14)13-17(16(20)21)9-4-2-3-5-10-17/h6-8,11H,2-5,9-10,12-13H2,1H3,(H,20,21). The molecule has 1 aliphatic rings. The van der Waals surface area contributed by atoms with Crippen molar-refractivity contribution in [2.24, 2.45) is 5.41 Å². The van der Waals surface area contributed by atoms with Gasteiger partial charge in [-0.25, -0.2) is 0 Å². The summed E-state index contributed by atoms with van der Waals surface area (Å²) in [5, 5.41) is 9.74. The largest absolute Gasteiger partial charge is 0.481 e. The summed E-state index contributed by atoms with van der Waals surface area (Å²) in [4.78, 5) is 14.0. The molecule has 0 bridgehead atoms. The van der Waals surface area contributed by atoms with Crippen LogP contribution in [0.2, 0.25) is 0 Å². The Balaban J connectivity index is 2.04. The summed E-state index contributed by atoms with van der Waals surface area (Å²) >= 11 is 3.48. The first-order chi connectivity index (χ1) is 10.0. The van der Waals surface area contributed by atoms with E-state index in [9.17, 15) is 9.90 Å². The van der Waals surface area contributed by atoms with Crippen LogP contribution >= 0.6 is 15.9 Å². The fraction of sp³-hybridized carbons (Fsp3) is 0.588. The SMILES string of the molecule is CN(Cc1cccc(Br)c1)CC1(C(=O)O)CCCCCC1. The average molecular weight is 354 g/mol. The minimum atomic E-state index is -0.620. The fourth-order valence-electron chi connectivity index (χ4n) is 3.36. The maximum Gasteiger partial charge on any atom is 0.310 e. The van der Waals surface area contributed by atoms with Crippen LogP contribution in [0.5, 0.6) is 0 Å². The Morgan fingerprint density at radius 2 is 1.95 bits per heavy atom. The van der Waals surface area contributed by atoms with Gasteiger partial charge in [0.2, 0.25) is 0 Å². The quantitative estimate of drug-likeness (QED) is 0.802. The van der Waals surface area contributed by atoms with Gasteiger partial charge in [0.15, 0.2) is 0 Å². The molecule has 0 atom stereocenters. The van der Waals surface area contributed by atoms with E-state index in [-0.39, 0.29) is 0 Å². The molecule has 0 spiro atoms. The number of hydrogen-bond acceptors (Lipinski definition) is 2. The van der Waals surface area contributed by atoms with Gasteiger partial charge in [-0.15, -0.1) is 0 Å². The number of carboxylic acids is 1. The lowest BCUT2D eigenvalue weighted by Crippen LogP contribution is -2.41. The van der Waals surface area contributed by atoms with Gasteiger partial charge in [0, 0.05) is 17.6 Å². The number of carboxylic acid groups (broad SMARTS) is 1. The van der Waals surface area contributed by atoms with Gasteiger partial charge in [-0.1, -0.05) is 53.7 Å². The molecule has 0 heterocycles. The first-order valence-electron chi connectivity index (χ1n) is 7.68. The number of benzene rings is 1. The molecule has 0 aliphatic heterocycles. The second kappa shape index (κ2) is 7.41. The van der Waals surface area contributed by atoms with Crippen molar-refractivity contribution >= 4 is 21.9 Å². The molecule has 116 valence electrons. The number of carbonyl (C=O) groups is 1. The van der Waals surface area contributed by atoms with E-state index in [2.05, 4.69) is 33.0 Å². The van der Waals surface area contributed by atoms with Crippen LogP contribution in [0.1, 0.15) is 44.1 Å². The van der Waals surface area contributed by atoms with Crippen molar-refractivity contribution in [2.45, 2.75) is 45.1 Å². The maximum absolute atomic E-state index is 11.8. The summed E-state index contributed by atoms with van der Waals surface area (Å²) in [5.41, 5.74) is 0.651. The van der Waals surface area contributed by atoms with Gasteiger partial charge in [0.25, 0.3) is 0 Å². The molecule has 4 heteroatoms. The molecule has 2 rings (SSSR count). The molecular weight excluding hydrogens is 330 g/mol. The number of nitrogens with zero attached hydrogens (tertiary/aromatic N) is 1. The molecule has 1 N–H and O–H groups in total. The van der Waals surface area contributed by atoms with E-state index in [0.717, 1.165) is 36.7 Å². The molecule has 21 heavy (non-hydrogen) atoms. The first kappa shape index (κ1) is 16.5. The monoisotopic (exact) mass is 353 g/mol. The molecular formula is C17H24BrNO2. The van der Waals surface area contributed by atoms with E-state index >= 15 is 0 Å². The molecule has 0 unspecified atom stereocenters. The second-order valence-corrected chi connectivity index (χ2v) is 7.22. The van der Waals surface area contributed by atoms with E-state index in [4.69, 9.17) is 0 Å². The van der Waals surface area contributed by atoms with Crippen molar-refractivity contribution < 1.29 is 9.90 Å². The molecule has 1 saturated carbocycles. The predicted molar refractivity (Wildman–Crippen MR) is 88.2 cm³/mol. The lowest BCUT2D eigenvalue weighted by molar-refractivity contribution is -0.151. The smallest absolute Gasteiger partial charge is 0.310 e. The van der Waals surface area contributed by atoms with Crippen LogP contribution in [0.15, 0.2) is 28.7 Å². The number of hydrogen-bond donors (Lipinski definition) is 1. The zero-order chi connectivity index (χ0) is 15.3. The summed E-state index contributed by atoms with van der Waals surface area (Å²) in [6.45, 7) is 1.42. The van der Waals surface area contributed by atoms with Crippen molar-refractivity contribution in [3.8, 4) is 0 Å². The van der Waals surface area contributed by atoms with E-state index in [1.54, 1.807) is 0 Å². The predicted octanol–water partition coefficient (Wildman–Crippen LogP) is 4.31. The molecule has 0 aromatic heterocycles. The van der Waals surface area contributed by atoms with Crippen molar-refractivity contribution in [3.05, 3.63) is 34.3 Å². The summed E-state index contributed by atoms with van der Waals surface area (Å²) in [6, 6.07) is 8.21. The zero-order valence-electron chi connectivity index (χ0n) is 12.6. The Labute approximate surface area is 135 Å². The minimum Gasteiger partial charge on any atom is -0.481 e. The highest BCUT2D eigenvalue weighted by Crippen LogP contribution is 2.36. The normalized spacial score (nSPS) is 18.4. The maximum atomic E-state index is 11.8. The van der Waals surface area contributed by atoms with Crippen LogP contribution in [-0.2, 0) is 11.3 Å². The van der Waals surface area contributed by atoms with Crippen molar-refractivity contribution in [1.29, 1.82) is 0 Å². The summed E-state index contributed by atoms with van der Waals surface area (Å²) in [5.74, 6) is -0.620. The van der Waals surface area contributed by atoms with Crippen molar-refractivity contribution in [1.82, 2.24) is 4.90 Å². The minimum absolute atomic E-state index is 0.558. The van der Waals surface area contributed by atoms with E-state index in [1.807, 2.05) is 19.2 Å². The number of rotatable bonds is 5. The molecule has 3 nitrogen and oxygen atoms in total. The van der Waals surface area contributed by atoms with Gasteiger partial charge < -0.3 is 10.0 Å². The Bertz CT molecular complexity index is 481. The molecule has 1 fully saturated rings. The van der Waals surface area contributed by atoms with Crippen molar-refractivity contribution in [3.63, 3.8) is 0 Å².